The van der Waals surface area contributed by atoms with E-state index in [0.29, 0.717) is 31.2 Å². The molecule has 1 amide bonds. The van der Waals surface area contributed by atoms with Crippen molar-refractivity contribution in [1.29, 1.82) is 0 Å². The zero-order valence-electron chi connectivity index (χ0n) is 11.6. The van der Waals surface area contributed by atoms with Crippen LogP contribution >= 0.6 is 11.8 Å². The van der Waals surface area contributed by atoms with E-state index in [1.165, 1.54) is 16.7 Å². The molecule has 2 unspecified atom stereocenters. The van der Waals surface area contributed by atoms with Crippen molar-refractivity contribution in [3.8, 4) is 0 Å². The van der Waals surface area contributed by atoms with Gasteiger partial charge < -0.3 is 14.7 Å². The highest BCUT2D eigenvalue weighted by molar-refractivity contribution is 7.99. The average Bonchev–Trinajstić information content (AvgIpc) is 2.42. The van der Waals surface area contributed by atoms with E-state index < -0.39 is 12.0 Å². The Hall–Kier alpha value is -0.750. The molecule has 1 rings (SSSR count). The van der Waals surface area contributed by atoms with Gasteiger partial charge in [0.05, 0.1) is 12.4 Å². The molecule has 2 atom stereocenters. The van der Waals surface area contributed by atoms with Crippen molar-refractivity contribution in [3.63, 3.8) is 0 Å². The van der Waals surface area contributed by atoms with Crippen LogP contribution in [0.2, 0.25) is 0 Å². The lowest BCUT2D eigenvalue weighted by molar-refractivity contribution is -0.152. The van der Waals surface area contributed by atoms with E-state index >= 15 is 0 Å². The number of likely N-dealkylation sites (tertiary alicyclic amines) is 1. The molecule has 0 aromatic carbocycles. The lowest BCUT2D eigenvalue weighted by Gasteiger charge is -2.37. The van der Waals surface area contributed by atoms with E-state index in [1.807, 2.05) is 0 Å². The SMILES string of the molecule is CCC1CCN(C(=O)CSCCOC)C(C(=O)O)C1. The fourth-order valence-electron chi connectivity index (χ4n) is 2.33. The number of carbonyl (C=O) groups is 2. The smallest absolute Gasteiger partial charge is 0.326 e. The van der Waals surface area contributed by atoms with Crippen molar-refractivity contribution in [2.24, 2.45) is 5.92 Å². The van der Waals surface area contributed by atoms with Crippen LogP contribution in [0.5, 0.6) is 0 Å². The van der Waals surface area contributed by atoms with Gasteiger partial charge in [-0.25, -0.2) is 4.79 Å². The predicted octanol–water partition coefficient (Wildman–Crippen LogP) is 1.47. The second-order valence-electron chi connectivity index (χ2n) is 4.79. The van der Waals surface area contributed by atoms with Gasteiger partial charge in [0.2, 0.25) is 5.91 Å². The number of amides is 1. The first-order chi connectivity index (χ1) is 9.10. The summed E-state index contributed by atoms with van der Waals surface area (Å²) in [5.41, 5.74) is 0. The summed E-state index contributed by atoms with van der Waals surface area (Å²) >= 11 is 1.49. The number of carboxylic acids is 1. The van der Waals surface area contributed by atoms with Crippen LogP contribution in [0.4, 0.5) is 0 Å². The van der Waals surface area contributed by atoms with E-state index in [2.05, 4.69) is 6.92 Å². The molecule has 0 radical (unpaired) electrons. The maximum absolute atomic E-state index is 12.1. The van der Waals surface area contributed by atoms with Crippen LogP contribution < -0.4 is 0 Å². The fourth-order valence-corrected chi connectivity index (χ4v) is 3.10. The minimum atomic E-state index is -0.881. The number of methoxy groups -OCH3 is 1. The van der Waals surface area contributed by atoms with Crippen LogP contribution in [-0.2, 0) is 14.3 Å². The van der Waals surface area contributed by atoms with Crippen LogP contribution in [0, 0.1) is 5.92 Å². The highest BCUT2D eigenvalue weighted by Crippen LogP contribution is 2.26. The fraction of sp³-hybridized carbons (Fsp3) is 0.846. The van der Waals surface area contributed by atoms with Crippen LogP contribution in [0.15, 0.2) is 0 Å². The summed E-state index contributed by atoms with van der Waals surface area (Å²) in [5.74, 6) is 0.567. The minimum Gasteiger partial charge on any atom is -0.480 e. The van der Waals surface area contributed by atoms with Gasteiger partial charge in [-0.1, -0.05) is 13.3 Å². The minimum absolute atomic E-state index is 0.0666. The highest BCUT2D eigenvalue weighted by atomic mass is 32.2. The summed E-state index contributed by atoms with van der Waals surface area (Å²) in [6.45, 7) is 3.25. The first kappa shape index (κ1) is 16.3. The van der Waals surface area contributed by atoms with E-state index in [0.717, 1.165) is 18.6 Å². The molecular weight excluding hydrogens is 266 g/mol. The van der Waals surface area contributed by atoms with Crippen molar-refractivity contribution < 1.29 is 19.4 Å². The molecule has 1 saturated heterocycles. The van der Waals surface area contributed by atoms with E-state index in [-0.39, 0.29) is 5.91 Å². The number of thioether (sulfide) groups is 1. The van der Waals surface area contributed by atoms with Gasteiger partial charge in [-0.3, -0.25) is 4.79 Å². The van der Waals surface area contributed by atoms with Gasteiger partial charge in [0.15, 0.2) is 0 Å². The van der Waals surface area contributed by atoms with Crippen LogP contribution in [0.25, 0.3) is 0 Å². The third kappa shape index (κ3) is 5.03. The first-order valence-corrected chi connectivity index (χ1v) is 7.84. The second-order valence-corrected chi connectivity index (χ2v) is 5.89. The molecule has 1 aliphatic heterocycles. The number of carboxylic acid groups (broad SMARTS) is 1. The Kier molecular flexibility index (Phi) is 7.23. The highest BCUT2D eigenvalue weighted by Gasteiger charge is 2.35. The van der Waals surface area contributed by atoms with Crippen molar-refractivity contribution >= 4 is 23.6 Å². The summed E-state index contributed by atoms with van der Waals surface area (Å²) in [6.07, 6.45) is 2.48. The maximum atomic E-state index is 12.1. The number of hydrogen-bond acceptors (Lipinski definition) is 4. The number of piperidine rings is 1. The van der Waals surface area contributed by atoms with Gasteiger partial charge in [0, 0.05) is 19.4 Å². The Morgan fingerprint density at radius 2 is 2.21 bits per heavy atom. The van der Waals surface area contributed by atoms with Gasteiger partial charge in [-0.05, 0) is 18.8 Å². The predicted molar refractivity (Wildman–Crippen MR) is 75.4 cm³/mol. The molecule has 6 heteroatoms. The number of hydrogen-bond donors (Lipinski definition) is 1. The van der Waals surface area contributed by atoms with Crippen LogP contribution in [-0.4, -0.2) is 59.7 Å². The molecule has 0 aliphatic carbocycles. The van der Waals surface area contributed by atoms with E-state index in [4.69, 9.17) is 4.74 Å². The normalized spacial score (nSPS) is 23.4. The van der Waals surface area contributed by atoms with Crippen molar-refractivity contribution in [2.45, 2.75) is 32.2 Å². The second kappa shape index (κ2) is 8.43. The Morgan fingerprint density at radius 3 is 2.79 bits per heavy atom. The van der Waals surface area contributed by atoms with Crippen molar-refractivity contribution in [2.75, 3.05) is 31.8 Å². The number of carbonyl (C=O) groups excluding carboxylic acids is 1. The molecule has 0 aromatic rings. The van der Waals surface area contributed by atoms with Crippen molar-refractivity contribution in [3.05, 3.63) is 0 Å². The Bertz CT molecular complexity index is 311. The molecule has 1 heterocycles. The van der Waals surface area contributed by atoms with E-state index in [1.54, 1.807) is 7.11 Å². The molecule has 5 nitrogen and oxygen atoms in total. The molecule has 19 heavy (non-hydrogen) atoms. The molecule has 1 N–H and O–H groups in total. The lowest BCUT2D eigenvalue weighted by atomic mass is 9.89. The molecule has 0 aromatic heterocycles. The number of rotatable bonds is 7. The van der Waals surface area contributed by atoms with Crippen LogP contribution in [0.1, 0.15) is 26.2 Å². The molecular formula is C13H23NO4S. The zero-order chi connectivity index (χ0) is 14.3. The molecule has 0 bridgehead atoms. The standard InChI is InChI=1S/C13H23NO4S/c1-3-10-4-5-14(11(8-10)13(16)17)12(15)9-19-7-6-18-2/h10-11H,3-9H2,1-2H3,(H,16,17). The first-order valence-electron chi connectivity index (χ1n) is 6.69. The quantitative estimate of drug-likeness (QED) is 0.719. The van der Waals surface area contributed by atoms with Gasteiger partial charge in [-0.15, -0.1) is 11.8 Å². The van der Waals surface area contributed by atoms with E-state index in [9.17, 15) is 14.7 Å². The largest absolute Gasteiger partial charge is 0.480 e. The molecule has 110 valence electrons. The molecule has 1 aliphatic rings. The summed E-state index contributed by atoms with van der Waals surface area (Å²) in [6, 6.07) is -0.644. The Labute approximate surface area is 118 Å². The van der Waals surface area contributed by atoms with Crippen molar-refractivity contribution in [1.82, 2.24) is 4.90 Å². The third-order valence-corrected chi connectivity index (χ3v) is 4.46. The monoisotopic (exact) mass is 289 g/mol. The van der Waals surface area contributed by atoms with Gasteiger partial charge >= 0.3 is 5.97 Å². The number of nitrogens with zero attached hydrogens (tertiary/aromatic N) is 1. The third-order valence-electron chi connectivity index (χ3n) is 3.55. The summed E-state index contributed by atoms with van der Waals surface area (Å²) in [5, 5.41) is 9.26. The summed E-state index contributed by atoms with van der Waals surface area (Å²) < 4.78 is 4.92. The Morgan fingerprint density at radius 1 is 1.47 bits per heavy atom. The summed E-state index contributed by atoms with van der Waals surface area (Å²) in [4.78, 5) is 24.9. The van der Waals surface area contributed by atoms with Crippen LogP contribution in [0.3, 0.4) is 0 Å². The summed E-state index contributed by atoms with van der Waals surface area (Å²) in [7, 11) is 1.62. The molecule has 0 saturated carbocycles. The van der Waals surface area contributed by atoms with Gasteiger partial charge in [-0.2, -0.15) is 0 Å². The topological polar surface area (TPSA) is 66.8 Å². The van der Waals surface area contributed by atoms with Gasteiger partial charge in [0.25, 0.3) is 0 Å². The van der Waals surface area contributed by atoms with Gasteiger partial charge in [0.1, 0.15) is 6.04 Å². The average molecular weight is 289 g/mol. The number of aliphatic carboxylic acids is 1. The molecule has 1 fully saturated rings. The molecule has 0 spiro atoms. The maximum Gasteiger partial charge on any atom is 0.326 e. The zero-order valence-corrected chi connectivity index (χ0v) is 12.4. The lowest BCUT2D eigenvalue weighted by Crippen LogP contribution is -2.50. The number of ether oxygens (including phenoxy) is 1. The Balaban J connectivity index is 2.49.